The van der Waals surface area contributed by atoms with Crippen molar-refractivity contribution in [3.63, 3.8) is 0 Å². The summed E-state index contributed by atoms with van der Waals surface area (Å²) >= 11 is 0. The van der Waals surface area contributed by atoms with Crippen LogP contribution < -0.4 is 14.4 Å². The van der Waals surface area contributed by atoms with E-state index in [9.17, 15) is 24.5 Å². The number of hydrogen-bond donors (Lipinski definition) is 3. The number of aromatic nitrogens is 2. The molecular formula is C29H33FN4O7. The predicted molar refractivity (Wildman–Crippen MR) is 145 cm³/mol. The van der Waals surface area contributed by atoms with Gasteiger partial charge in [0.1, 0.15) is 24.1 Å². The quantitative estimate of drug-likeness (QED) is 0.385. The van der Waals surface area contributed by atoms with Crippen molar-refractivity contribution in [2.45, 2.75) is 49.0 Å². The molecule has 2 bridgehead atoms. The van der Waals surface area contributed by atoms with E-state index in [1.807, 2.05) is 18.2 Å². The highest BCUT2D eigenvalue weighted by Crippen LogP contribution is 2.40. The number of aliphatic hydroxyl groups is 3. The first-order chi connectivity index (χ1) is 19.8. The Morgan fingerprint density at radius 1 is 1.07 bits per heavy atom. The maximum Gasteiger partial charge on any atom is 0.254 e. The lowest BCUT2D eigenvalue weighted by atomic mass is 9.91. The number of carbonyl (C=O) groups is 1. The molecule has 218 valence electrons. The van der Waals surface area contributed by atoms with Gasteiger partial charge in [-0.25, -0.2) is 9.37 Å². The highest BCUT2D eigenvalue weighted by Gasteiger charge is 2.53. The minimum Gasteiger partial charge on any atom is -0.493 e. The molecule has 0 aliphatic carbocycles. The third-order valence-corrected chi connectivity index (χ3v) is 8.42. The Hall–Kier alpha value is -3.71. The number of halogens is 1. The second-order valence-electron chi connectivity index (χ2n) is 10.7. The molecule has 1 amide bonds. The molecule has 1 aromatic heterocycles. The van der Waals surface area contributed by atoms with Crippen molar-refractivity contribution in [2.75, 3.05) is 38.8 Å². The Morgan fingerprint density at radius 3 is 2.56 bits per heavy atom. The van der Waals surface area contributed by atoms with E-state index in [0.717, 1.165) is 12.1 Å². The molecule has 0 unspecified atom stereocenters. The first-order valence-electron chi connectivity index (χ1n) is 13.5. The van der Waals surface area contributed by atoms with E-state index in [1.54, 1.807) is 37.4 Å². The number of fused-ring (bicyclic) bond motifs is 2. The van der Waals surface area contributed by atoms with E-state index < -0.39 is 48.8 Å². The summed E-state index contributed by atoms with van der Waals surface area (Å²) in [5.74, 6) is 0.452. The summed E-state index contributed by atoms with van der Waals surface area (Å²) in [5, 5.41) is 32.3. The fourth-order valence-corrected chi connectivity index (χ4v) is 6.38. The highest BCUT2D eigenvalue weighted by atomic mass is 19.1. The van der Waals surface area contributed by atoms with Crippen molar-refractivity contribution in [1.82, 2.24) is 14.5 Å². The van der Waals surface area contributed by atoms with Gasteiger partial charge in [-0.3, -0.25) is 4.79 Å². The summed E-state index contributed by atoms with van der Waals surface area (Å²) in [7, 11) is 3.17. The Balaban J connectivity index is 1.20. The van der Waals surface area contributed by atoms with Crippen LogP contribution in [0.4, 0.5) is 10.1 Å². The second kappa shape index (κ2) is 10.9. The van der Waals surface area contributed by atoms with Crippen LogP contribution in [0.5, 0.6) is 11.5 Å². The maximum absolute atomic E-state index is 13.8. The minimum atomic E-state index is -1.42. The summed E-state index contributed by atoms with van der Waals surface area (Å²) in [5.41, 5.74) is 1.93. The first-order valence-corrected chi connectivity index (χ1v) is 13.5. The molecule has 12 heteroatoms. The zero-order valence-corrected chi connectivity index (χ0v) is 22.7. The fraction of sp³-hybridized carbons (Fsp3) is 0.448. The van der Waals surface area contributed by atoms with Gasteiger partial charge in [-0.15, -0.1) is 0 Å². The number of benzene rings is 2. The summed E-state index contributed by atoms with van der Waals surface area (Å²) in [4.78, 5) is 22.1. The van der Waals surface area contributed by atoms with Crippen LogP contribution >= 0.6 is 0 Å². The summed E-state index contributed by atoms with van der Waals surface area (Å²) < 4.78 is 31.8. The van der Waals surface area contributed by atoms with Crippen molar-refractivity contribution >= 4 is 11.6 Å². The number of hydrogen-bond acceptors (Lipinski definition) is 9. The van der Waals surface area contributed by atoms with Gasteiger partial charge in [0.25, 0.3) is 5.91 Å². The third-order valence-electron chi connectivity index (χ3n) is 8.42. The fourth-order valence-electron chi connectivity index (χ4n) is 6.38. The SMILES string of the molecule is COc1ccc(N2C[C@@H]3C[C@H]2CN3C(=O)[C@@H]2O[C@H](CO)[C@H](O)[C@H](n3cnc(-c4cccc(F)c4)c3)[C@H]2O)cc1OC. The van der Waals surface area contributed by atoms with Crippen molar-refractivity contribution < 1.29 is 38.7 Å². The number of piperazine rings is 1. The van der Waals surface area contributed by atoms with E-state index in [-0.39, 0.29) is 12.1 Å². The molecule has 4 heterocycles. The number of amides is 1. The molecule has 3 aromatic rings. The Kier molecular flexibility index (Phi) is 7.32. The minimum absolute atomic E-state index is 0.0697. The van der Waals surface area contributed by atoms with Gasteiger partial charge in [0, 0.05) is 42.6 Å². The molecule has 7 atom stereocenters. The van der Waals surface area contributed by atoms with Crippen molar-refractivity contribution in [3.05, 3.63) is 60.8 Å². The number of likely N-dealkylation sites (tertiary alicyclic amines) is 1. The van der Waals surface area contributed by atoms with Crippen LogP contribution in [-0.4, -0.2) is 106 Å². The second-order valence-corrected chi connectivity index (χ2v) is 10.7. The molecule has 2 aromatic carbocycles. The van der Waals surface area contributed by atoms with Crippen LogP contribution in [0.25, 0.3) is 11.3 Å². The number of ether oxygens (including phenoxy) is 3. The van der Waals surface area contributed by atoms with Gasteiger partial charge in [-0.05, 0) is 30.7 Å². The number of rotatable bonds is 7. The van der Waals surface area contributed by atoms with E-state index in [0.29, 0.717) is 35.8 Å². The maximum atomic E-state index is 13.8. The number of carbonyl (C=O) groups excluding carboxylic acids is 1. The summed E-state index contributed by atoms with van der Waals surface area (Å²) in [6.45, 7) is 0.498. The number of nitrogens with zero attached hydrogens (tertiary/aromatic N) is 4. The third kappa shape index (κ3) is 4.80. The molecule has 41 heavy (non-hydrogen) atoms. The zero-order chi connectivity index (χ0) is 28.8. The van der Waals surface area contributed by atoms with Crippen LogP contribution in [0, 0.1) is 5.82 Å². The number of anilines is 1. The molecule has 3 fully saturated rings. The van der Waals surface area contributed by atoms with Crippen molar-refractivity contribution in [2.24, 2.45) is 0 Å². The molecule has 6 rings (SSSR count). The van der Waals surface area contributed by atoms with Crippen LogP contribution in [0.1, 0.15) is 12.5 Å². The largest absolute Gasteiger partial charge is 0.493 e. The molecule has 11 nitrogen and oxygen atoms in total. The van der Waals surface area contributed by atoms with E-state index in [2.05, 4.69) is 9.88 Å². The normalized spacial score (nSPS) is 29.2. The average Bonchev–Trinajstić information content (AvgIpc) is 3.74. The smallest absolute Gasteiger partial charge is 0.254 e. The van der Waals surface area contributed by atoms with Gasteiger partial charge in [0.15, 0.2) is 17.6 Å². The summed E-state index contributed by atoms with van der Waals surface area (Å²) in [6.07, 6.45) is -1.38. The molecule has 0 radical (unpaired) electrons. The van der Waals surface area contributed by atoms with Gasteiger partial charge in [0.05, 0.1) is 44.9 Å². The monoisotopic (exact) mass is 568 g/mol. The molecule has 0 spiro atoms. The molecular weight excluding hydrogens is 535 g/mol. The molecule has 3 saturated heterocycles. The van der Waals surface area contributed by atoms with Gasteiger partial charge >= 0.3 is 0 Å². The van der Waals surface area contributed by atoms with Gasteiger partial charge in [-0.2, -0.15) is 0 Å². The molecule has 3 aliphatic heterocycles. The predicted octanol–water partition coefficient (Wildman–Crippen LogP) is 1.22. The van der Waals surface area contributed by atoms with Crippen LogP contribution in [0.15, 0.2) is 55.0 Å². The van der Waals surface area contributed by atoms with E-state index in [4.69, 9.17) is 14.2 Å². The standard InChI is InChI=1S/C29H33FN4O7/c1-39-22-7-6-18(10-23(22)40-2)33-11-20-9-19(33)12-34(20)29(38)28-27(37)25(26(36)24(14-35)41-28)32-13-21(31-15-32)16-4-3-5-17(30)8-16/h3-8,10,13,15,19-20,24-28,35-37H,9,11-12,14H2,1-2H3/t19-,20-,24+,25-,26-,27+,28+/m0/s1. The summed E-state index contributed by atoms with van der Waals surface area (Å²) in [6, 6.07) is 10.6. The first kappa shape index (κ1) is 27.5. The Bertz CT molecular complexity index is 1420. The lowest BCUT2D eigenvalue weighted by Gasteiger charge is -2.44. The topological polar surface area (TPSA) is 130 Å². The Labute approximate surface area is 236 Å². The number of methoxy groups -OCH3 is 2. The van der Waals surface area contributed by atoms with Gasteiger partial charge in [0.2, 0.25) is 0 Å². The molecule has 3 N–H and O–H groups in total. The molecule has 3 aliphatic rings. The van der Waals surface area contributed by atoms with Crippen molar-refractivity contribution in [1.29, 1.82) is 0 Å². The van der Waals surface area contributed by atoms with E-state index in [1.165, 1.54) is 23.0 Å². The van der Waals surface area contributed by atoms with Crippen LogP contribution in [-0.2, 0) is 9.53 Å². The average molecular weight is 569 g/mol. The number of aliphatic hydroxyl groups excluding tert-OH is 3. The van der Waals surface area contributed by atoms with E-state index >= 15 is 0 Å². The highest BCUT2D eigenvalue weighted by molar-refractivity contribution is 5.83. The number of imidazole rings is 1. The lowest BCUT2D eigenvalue weighted by Crippen LogP contribution is -2.62. The van der Waals surface area contributed by atoms with Gasteiger partial charge in [-0.1, -0.05) is 12.1 Å². The Morgan fingerprint density at radius 2 is 1.88 bits per heavy atom. The van der Waals surface area contributed by atoms with Gasteiger partial charge < -0.3 is 43.9 Å². The zero-order valence-electron chi connectivity index (χ0n) is 22.7. The van der Waals surface area contributed by atoms with Crippen LogP contribution in [0.3, 0.4) is 0 Å². The van der Waals surface area contributed by atoms with Crippen molar-refractivity contribution in [3.8, 4) is 22.8 Å². The lowest BCUT2D eigenvalue weighted by molar-refractivity contribution is -0.210. The van der Waals surface area contributed by atoms with Crippen LogP contribution in [0.2, 0.25) is 0 Å². The molecule has 0 saturated carbocycles.